The Morgan fingerprint density at radius 3 is 2.52 bits per heavy atom. The van der Waals surface area contributed by atoms with Crippen LogP contribution in [0.5, 0.6) is 5.75 Å². The van der Waals surface area contributed by atoms with Crippen LogP contribution in [0.2, 0.25) is 0 Å². The molecule has 0 atom stereocenters. The van der Waals surface area contributed by atoms with Crippen LogP contribution >= 0.6 is 0 Å². The molecular weight excluding hydrogens is 264 g/mol. The SMILES string of the molecule is CCCN=C(NCC)N1CCN(c2ccccc2O)CC1. The first-order valence-electron chi connectivity index (χ1n) is 7.82. The zero-order valence-corrected chi connectivity index (χ0v) is 13.0. The zero-order valence-electron chi connectivity index (χ0n) is 13.0. The van der Waals surface area contributed by atoms with E-state index in [1.165, 1.54) is 0 Å². The molecule has 0 aromatic heterocycles. The Balaban J connectivity index is 1.97. The number of guanidine groups is 1. The van der Waals surface area contributed by atoms with Crippen molar-refractivity contribution in [3.63, 3.8) is 0 Å². The lowest BCUT2D eigenvalue weighted by Gasteiger charge is -2.37. The molecule has 1 aliphatic heterocycles. The fourth-order valence-corrected chi connectivity index (χ4v) is 2.53. The lowest BCUT2D eigenvalue weighted by Crippen LogP contribution is -2.52. The number of nitrogens with one attached hydrogen (secondary N) is 1. The smallest absolute Gasteiger partial charge is 0.194 e. The predicted molar refractivity (Wildman–Crippen MR) is 88.2 cm³/mol. The normalized spacial score (nSPS) is 16.2. The molecule has 1 aromatic carbocycles. The molecule has 0 aliphatic carbocycles. The summed E-state index contributed by atoms with van der Waals surface area (Å²) in [5.74, 6) is 1.37. The molecule has 1 saturated heterocycles. The highest BCUT2D eigenvalue weighted by molar-refractivity contribution is 5.80. The number of phenols is 1. The van der Waals surface area contributed by atoms with Crippen molar-refractivity contribution in [2.75, 3.05) is 44.2 Å². The molecule has 0 amide bonds. The van der Waals surface area contributed by atoms with Gasteiger partial charge in [-0.25, -0.2) is 0 Å². The van der Waals surface area contributed by atoms with E-state index in [9.17, 15) is 5.11 Å². The standard InChI is InChI=1S/C16H26N4O/c1-3-9-18-16(17-4-2)20-12-10-19(11-13-20)14-7-5-6-8-15(14)21/h5-8,21H,3-4,9-13H2,1-2H3,(H,17,18). The first-order valence-corrected chi connectivity index (χ1v) is 7.82. The fourth-order valence-electron chi connectivity index (χ4n) is 2.53. The van der Waals surface area contributed by atoms with E-state index < -0.39 is 0 Å². The zero-order chi connectivity index (χ0) is 15.1. The summed E-state index contributed by atoms with van der Waals surface area (Å²) in [4.78, 5) is 9.17. The second kappa shape index (κ2) is 7.76. The maximum atomic E-state index is 9.95. The molecule has 0 saturated carbocycles. The summed E-state index contributed by atoms with van der Waals surface area (Å²) in [7, 11) is 0. The molecule has 0 spiro atoms. The molecule has 116 valence electrons. The van der Waals surface area contributed by atoms with Crippen LogP contribution in [0.25, 0.3) is 0 Å². The van der Waals surface area contributed by atoms with E-state index in [2.05, 4.69) is 34.0 Å². The molecule has 1 aliphatic rings. The Bertz CT molecular complexity index is 467. The fraction of sp³-hybridized carbons (Fsp3) is 0.562. The monoisotopic (exact) mass is 290 g/mol. The van der Waals surface area contributed by atoms with Crippen molar-refractivity contribution in [1.82, 2.24) is 10.2 Å². The highest BCUT2D eigenvalue weighted by Crippen LogP contribution is 2.27. The number of para-hydroxylation sites is 2. The third-order valence-corrected chi connectivity index (χ3v) is 3.62. The van der Waals surface area contributed by atoms with Gasteiger partial charge in [0.1, 0.15) is 5.75 Å². The maximum Gasteiger partial charge on any atom is 0.194 e. The quantitative estimate of drug-likeness (QED) is 0.657. The molecule has 21 heavy (non-hydrogen) atoms. The van der Waals surface area contributed by atoms with Crippen LogP contribution in [0.15, 0.2) is 29.3 Å². The van der Waals surface area contributed by atoms with Crippen molar-refractivity contribution < 1.29 is 5.11 Å². The number of nitrogens with zero attached hydrogens (tertiary/aromatic N) is 3. The number of hydrogen-bond donors (Lipinski definition) is 2. The Kier molecular flexibility index (Phi) is 5.72. The van der Waals surface area contributed by atoms with Gasteiger partial charge in [0.2, 0.25) is 0 Å². The lowest BCUT2D eigenvalue weighted by atomic mass is 10.2. The lowest BCUT2D eigenvalue weighted by molar-refractivity contribution is 0.370. The molecule has 2 N–H and O–H groups in total. The largest absolute Gasteiger partial charge is 0.506 e. The second-order valence-corrected chi connectivity index (χ2v) is 5.20. The third-order valence-electron chi connectivity index (χ3n) is 3.62. The van der Waals surface area contributed by atoms with E-state index in [1.807, 2.05) is 18.2 Å². The molecule has 1 fully saturated rings. The number of anilines is 1. The molecule has 5 nitrogen and oxygen atoms in total. The van der Waals surface area contributed by atoms with Gasteiger partial charge in [-0.1, -0.05) is 19.1 Å². The summed E-state index contributed by atoms with van der Waals surface area (Å²) in [6.45, 7) is 9.63. The molecule has 1 heterocycles. The Morgan fingerprint density at radius 2 is 1.90 bits per heavy atom. The van der Waals surface area contributed by atoms with E-state index in [-0.39, 0.29) is 0 Å². The number of hydrogen-bond acceptors (Lipinski definition) is 3. The topological polar surface area (TPSA) is 51.1 Å². The average molecular weight is 290 g/mol. The Morgan fingerprint density at radius 1 is 1.19 bits per heavy atom. The first kappa shape index (κ1) is 15.5. The molecule has 1 aromatic rings. The summed E-state index contributed by atoms with van der Waals surface area (Å²) in [5.41, 5.74) is 0.924. The number of rotatable bonds is 4. The summed E-state index contributed by atoms with van der Waals surface area (Å²) in [6.07, 6.45) is 1.06. The van der Waals surface area contributed by atoms with Gasteiger partial charge >= 0.3 is 0 Å². The minimum absolute atomic E-state index is 0.359. The average Bonchev–Trinajstić information content (AvgIpc) is 2.52. The first-order chi connectivity index (χ1) is 10.3. The molecule has 5 heteroatoms. The predicted octanol–water partition coefficient (Wildman–Crippen LogP) is 1.89. The van der Waals surface area contributed by atoms with Gasteiger partial charge in [0.05, 0.1) is 5.69 Å². The maximum absolute atomic E-state index is 9.95. The van der Waals surface area contributed by atoms with Gasteiger partial charge in [0, 0.05) is 39.3 Å². The van der Waals surface area contributed by atoms with Crippen molar-refractivity contribution in [2.45, 2.75) is 20.3 Å². The number of piperazine rings is 1. The Labute approximate surface area is 127 Å². The summed E-state index contributed by atoms with van der Waals surface area (Å²) < 4.78 is 0. The van der Waals surface area contributed by atoms with Crippen molar-refractivity contribution in [2.24, 2.45) is 4.99 Å². The third kappa shape index (κ3) is 4.03. The van der Waals surface area contributed by atoms with Crippen molar-refractivity contribution in [1.29, 1.82) is 0 Å². The second-order valence-electron chi connectivity index (χ2n) is 5.20. The van der Waals surface area contributed by atoms with Crippen LogP contribution in [0.3, 0.4) is 0 Å². The van der Waals surface area contributed by atoms with Gasteiger partial charge in [0.25, 0.3) is 0 Å². The minimum Gasteiger partial charge on any atom is -0.506 e. The number of aromatic hydroxyl groups is 1. The van der Waals surface area contributed by atoms with Crippen molar-refractivity contribution >= 4 is 11.6 Å². The van der Waals surface area contributed by atoms with E-state index in [0.29, 0.717) is 5.75 Å². The van der Waals surface area contributed by atoms with Crippen LogP contribution in [-0.2, 0) is 0 Å². The summed E-state index contributed by atoms with van der Waals surface area (Å²) in [6, 6.07) is 7.54. The molecule has 0 radical (unpaired) electrons. The van der Waals surface area contributed by atoms with E-state index in [0.717, 1.165) is 57.3 Å². The van der Waals surface area contributed by atoms with E-state index in [1.54, 1.807) is 6.07 Å². The van der Waals surface area contributed by atoms with Crippen LogP contribution in [0.1, 0.15) is 20.3 Å². The minimum atomic E-state index is 0.359. The van der Waals surface area contributed by atoms with Crippen LogP contribution < -0.4 is 10.2 Å². The number of aliphatic imine (C=N–C) groups is 1. The van der Waals surface area contributed by atoms with E-state index in [4.69, 9.17) is 0 Å². The van der Waals surface area contributed by atoms with Crippen molar-refractivity contribution in [3.05, 3.63) is 24.3 Å². The van der Waals surface area contributed by atoms with Gasteiger partial charge in [-0.15, -0.1) is 0 Å². The van der Waals surface area contributed by atoms with Gasteiger partial charge < -0.3 is 20.2 Å². The highest BCUT2D eigenvalue weighted by Gasteiger charge is 2.21. The van der Waals surface area contributed by atoms with Gasteiger partial charge in [0.15, 0.2) is 5.96 Å². The van der Waals surface area contributed by atoms with Gasteiger partial charge in [-0.3, -0.25) is 4.99 Å². The Hall–Kier alpha value is -1.91. The summed E-state index contributed by atoms with van der Waals surface area (Å²) >= 11 is 0. The van der Waals surface area contributed by atoms with Crippen molar-refractivity contribution in [3.8, 4) is 5.75 Å². The van der Waals surface area contributed by atoms with Crippen LogP contribution in [-0.4, -0.2) is 55.2 Å². The molecule has 2 rings (SSSR count). The molecular formula is C16H26N4O. The van der Waals surface area contributed by atoms with E-state index >= 15 is 0 Å². The van der Waals surface area contributed by atoms with Gasteiger partial charge in [-0.05, 0) is 25.5 Å². The molecule has 0 unspecified atom stereocenters. The molecule has 0 bridgehead atoms. The van der Waals surface area contributed by atoms with Crippen LogP contribution in [0, 0.1) is 0 Å². The number of benzene rings is 1. The summed E-state index contributed by atoms with van der Waals surface area (Å²) in [5, 5.41) is 13.3. The van der Waals surface area contributed by atoms with Crippen LogP contribution in [0.4, 0.5) is 5.69 Å². The highest BCUT2D eigenvalue weighted by atomic mass is 16.3. The van der Waals surface area contributed by atoms with Gasteiger partial charge in [-0.2, -0.15) is 0 Å². The number of phenolic OH excluding ortho intramolecular Hbond substituents is 1.